The monoisotopic (exact) mass is 280 g/mol. The fourth-order valence-corrected chi connectivity index (χ4v) is 2.59. The van der Waals surface area contributed by atoms with Crippen molar-refractivity contribution in [1.29, 1.82) is 0 Å². The molecule has 0 saturated heterocycles. The van der Waals surface area contributed by atoms with Crippen molar-refractivity contribution in [3.05, 3.63) is 29.5 Å². The molecule has 0 aliphatic heterocycles. The van der Waals surface area contributed by atoms with E-state index in [9.17, 15) is 8.78 Å². The van der Waals surface area contributed by atoms with Crippen molar-refractivity contribution >= 4 is 22.6 Å². The number of halogens is 2. The summed E-state index contributed by atoms with van der Waals surface area (Å²) in [6.45, 7) is 2.04. The number of rotatable bonds is 3. The van der Waals surface area contributed by atoms with Gasteiger partial charge in [-0.15, -0.1) is 5.10 Å². The molecule has 0 aliphatic rings. The third kappa shape index (κ3) is 2.10. The number of hydrogen-bond donors (Lipinski definition) is 1. The number of imidazole rings is 1. The van der Waals surface area contributed by atoms with E-state index in [1.165, 1.54) is 17.6 Å². The van der Waals surface area contributed by atoms with Crippen molar-refractivity contribution < 1.29 is 8.78 Å². The van der Waals surface area contributed by atoms with E-state index in [1.807, 2.05) is 6.92 Å². The summed E-state index contributed by atoms with van der Waals surface area (Å²) in [7, 11) is 0. The van der Waals surface area contributed by atoms with E-state index in [1.54, 1.807) is 0 Å². The van der Waals surface area contributed by atoms with E-state index in [0.717, 1.165) is 29.5 Å². The van der Waals surface area contributed by atoms with Crippen LogP contribution in [-0.2, 0) is 6.42 Å². The maximum atomic E-state index is 13.6. The van der Waals surface area contributed by atoms with Crippen molar-refractivity contribution in [3.63, 3.8) is 0 Å². The van der Waals surface area contributed by atoms with Crippen molar-refractivity contribution in [3.8, 4) is 10.7 Å². The molecule has 2 aromatic heterocycles. The van der Waals surface area contributed by atoms with Crippen LogP contribution in [0, 0.1) is 11.6 Å². The quantitative estimate of drug-likeness (QED) is 0.800. The van der Waals surface area contributed by atoms with Gasteiger partial charge in [-0.05, 0) is 24.0 Å². The van der Waals surface area contributed by atoms with Gasteiger partial charge in [0.15, 0.2) is 11.6 Å². The Labute approximate surface area is 111 Å². The van der Waals surface area contributed by atoms with Crippen LogP contribution in [0.4, 0.5) is 8.78 Å². The van der Waals surface area contributed by atoms with Gasteiger partial charge in [0.25, 0.3) is 0 Å². The Kier molecular flexibility index (Phi) is 2.98. The van der Waals surface area contributed by atoms with Gasteiger partial charge in [-0.25, -0.2) is 13.8 Å². The summed E-state index contributed by atoms with van der Waals surface area (Å²) >= 11 is 1.20. The Morgan fingerprint density at radius 1 is 1.32 bits per heavy atom. The first kappa shape index (κ1) is 12.2. The first-order chi connectivity index (χ1) is 9.19. The molecule has 1 aromatic carbocycles. The van der Waals surface area contributed by atoms with E-state index in [-0.39, 0.29) is 5.52 Å². The number of benzene rings is 1. The molecule has 0 aliphatic carbocycles. The van der Waals surface area contributed by atoms with Crippen molar-refractivity contribution in [2.24, 2.45) is 0 Å². The van der Waals surface area contributed by atoms with Crippen molar-refractivity contribution in [1.82, 2.24) is 19.6 Å². The lowest BCUT2D eigenvalue weighted by molar-refractivity contribution is 0.591. The summed E-state index contributed by atoms with van der Waals surface area (Å²) in [6.07, 6.45) is 1.71. The Hall–Kier alpha value is -1.89. The zero-order chi connectivity index (χ0) is 13.4. The molecule has 3 aromatic rings. The van der Waals surface area contributed by atoms with Crippen molar-refractivity contribution in [2.45, 2.75) is 19.8 Å². The molecule has 19 heavy (non-hydrogen) atoms. The highest BCUT2D eigenvalue weighted by atomic mass is 32.1. The van der Waals surface area contributed by atoms with Gasteiger partial charge in [0.1, 0.15) is 16.2 Å². The molecule has 0 radical (unpaired) electrons. The van der Waals surface area contributed by atoms with Gasteiger partial charge >= 0.3 is 0 Å². The van der Waals surface area contributed by atoms with Gasteiger partial charge in [-0.1, -0.05) is 17.8 Å². The van der Waals surface area contributed by atoms with Crippen LogP contribution in [0.3, 0.4) is 0 Å². The molecular weight excluding hydrogens is 270 g/mol. The smallest absolute Gasteiger partial charge is 0.153 e. The molecule has 0 bridgehead atoms. The van der Waals surface area contributed by atoms with Crippen LogP contribution in [0.15, 0.2) is 12.1 Å². The van der Waals surface area contributed by atoms with E-state index in [2.05, 4.69) is 19.6 Å². The first-order valence-electron chi connectivity index (χ1n) is 5.85. The van der Waals surface area contributed by atoms with Crippen LogP contribution in [-0.4, -0.2) is 19.6 Å². The molecule has 4 nitrogen and oxygen atoms in total. The number of nitrogens with one attached hydrogen (secondary N) is 1. The third-order valence-electron chi connectivity index (χ3n) is 2.76. The number of nitrogens with zero attached hydrogens (tertiary/aromatic N) is 3. The Morgan fingerprint density at radius 2 is 2.16 bits per heavy atom. The number of aromatic nitrogens is 4. The Bertz CT molecular complexity index is 734. The fraction of sp³-hybridized carbons (Fsp3) is 0.250. The number of hydrogen-bond acceptors (Lipinski definition) is 4. The van der Waals surface area contributed by atoms with Gasteiger partial charge in [0.2, 0.25) is 0 Å². The molecule has 3 rings (SSSR count). The van der Waals surface area contributed by atoms with Crippen LogP contribution >= 0.6 is 11.5 Å². The molecule has 98 valence electrons. The molecular formula is C12H10F2N4S. The lowest BCUT2D eigenvalue weighted by Crippen LogP contribution is -1.88. The maximum Gasteiger partial charge on any atom is 0.153 e. The molecule has 0 fully saturated rings. The van der Waals surface area contributed by atoms with Crippen LogP contribution in [0.25, 0.3) is 21.7 Å². The molecule has 0 spiro atoms. The van der Waals surface area contributed by atoms with Gasteiger partial charge in [-0.2, -0.15) is 0 Å². The highest BCUT2D eigenvalue weighted by molar-refractivity contribution is 7.09. The summed E-state index contributed by atoms with van der Waals surface area (Å²) in [4.78, 5) is 7.87. The normalized spacial score (nSPS) is 11.3. The molecule has 0 amide bonds. The molecule has 2 heterocycles. The summed E-state index contributed by atoms with van der Waals surface area (Å²) < 4.78 is 30.6. The van der Waals surface area contributed by atoms with Crippen LogP contribution < -0.4 is 0 Å². The summed E-state index contributed by atoms with van der Waals surface area (Å²) in [5, 5.41) is 4.03. The minimum atomic E-state index is -0.674. The average Bonchev–Trinajstić information content (AvgIpc) is 2.95. The second-order valence-electron chi connectivity index (χ2n) is 4.17. The zero-order valence-electron chi connectivity index (χ0n) is 10.1. The molecule has 0 unspecified atom stereocenters. The molecule has 7 heteroatoms. The second kappa shape index (κ2) is 4.65. The van der Waals surface area contributed by atoms with Gasteiger partial charge in [0.05, 0.1) is 11.2 Å². The molecule has 1 N–H and O–H groups in total. The Balaban J connectivity index is 2.15. The molecule has 0 saturated carbocycles. The zero-order valence-corrected chi connectivity index (χ0v) is 10.9. The highest BCUT2D eigenvalue weighted by Crippen LogP contribution is 2.27. The van der Waals surface area contributed by atoms with E-state index < -0.39 is 11.6 Å². The topological polar surface area (TPSA) is 54.5 Å². The number of aryl methyl sites for hydroxylation is 1. The minimum absolute atomic E-state index is 0.132. The minimum Gasteiger partial charge on any atom is -0.337 e. The van der Waals surface area contributed by atoms with Gasteiger partial charge in [-0.3, -0.25) is 0 Å². The fourth-order valence-electron chi connectivity index (χ4n) is 1.94. The standard InChI is InChI=1S/C12H10F2N4S/c1-2-3-8-11(19-18-17-8)12-15-9-5-6(13)4-7(14)10(9)16-12/h4-5H,2-3H2,1H3,(H,15,16). The molecule has 0 atom stereocenters. The predicted octanol–water partition coefficient (Wildman–Crippen LogP) is 3.31. The summed E-state index contributed by atoms with van der Waals surface area (Å²) in [5.41, 5.74) is 1.29. The van der Waals surface area contributed by atoms with Gasteiger partial charge < -0.3 is 4.98 Å². The van der Waals surface area contributed by atoms with E-state index in [0.29, 0.717) is 11.3 Å². The second-order valence-corrected chi connectivity index (χ2v) is 4.92. The number of H-pyrrole nitrogens is 1. The van der Waals surface area contributed by atoms with Crippen LogP contribution in [0.5, 0.6) is 0 Å². The third-order valence-corrected chi connectivity index (χ3v) is 3.54. The van der Waals surface area contributed by atoms with E-state index in [4.69, 9.17) is 0 Å². The number of fused-ring (bicyclic) bond motifs is 1. The van der Waals surface area contributed by atoms with Crippen LogP contribution in [0.1, 0.15) is 19.0 Å². The average molecular weight is 280 g/mol. The maximum absolute atomic E-state index is 13.6. The van der Waals surface area contributed by atoms with Crippen LogP contribution in [0.2, 0.25) is 0 Å². The van der Waals surface area contributed by atoms with Crippen molar-refractivity contribution in [2.75, 3.05) is 0 Å². The highest BCUT2D eigenvalue weighted by Gasteiger charge is 2.16. The summed E-state index contributed by atoms with van der Waals surface area (Å²) in [6, 6.07) is 2.05. The lowest BCUT2D eigenvalue weighted by Gasteiger charge is -1.94. The van der Waals surface area contributed by atoms with E-state index >= 15 is 0 Å². The summed E-state index contributed by atoms with van der Waals surface area (Å²) in [5.74, 6) is -0.818. The number of aromatic amines is 1. The Morgan fingerprint density at radius 3 is 2.95 bits per heavy atom. The predicted molar refractivity (Wildman–Crippen MR) is 68.9 cm³/mol. The largest absolute Gasteiger partial charge is 0.337 e. The van der Waals surface area contributed by atoms with Gasteiger partial charge in [0, 0.05) is 6.07 Å². The lowest BCUT2D eigenvalue weighted by atomic mass is 10.2. The SMILES string of the molecule is CCCc1nnsc1-c1nc2c(F)cc(F)cc2[nH]1. The first-order valence-corrected chi connectivity index (χ1v) is 6.62.